The Hall–Kier alpha value is -4.46. The van der Waals surface area contributed by atoms with Crippen LogP contribution in [0.2, 0.25) is 0 Å². The molecule has 35 heavy (non-hydrogen) atoms. The molecule has 3 aromatic rings. The molecule has 0 heterocycles. The van der Waals surface area contributed by atoms with Crippen molar-refractivity contribution < 1.29 is 24.2 Å². The van der Waals surface area contributed by atoms with Gasteiger partial charge in [0.05, 0.1) is 18.5 Å². The van der Waals surface area contributed by atoms with Crippen molar-refractivity contribution in [3.63, 3.8) is 0 Å². The van der Waals surface area contributed by atoms with E-state index in [1.807, 2.05) is 19.1 Å². The maximum absolute atomic E-state index is 12.7. The molecule has 2 amide bonds. The molecule has 0 aliphatic heterocycles. The van der Waals surface area contributed by atoms with Crippen molar-refractivity contribution in [1.82, 2.24) is 0 Å². The smallest absolute Gasteiger partial charge is 0.412 e. The number of anilines is 3. The third-order valence-corrected chi connectivity index (χ3v) is 5.31. The van der Waals surface area contributed by atoms with E-state index in [2.05, 4.69) is 10.6 Å². The number of hydrogen-bond donors (Lipinski definition) is 4. The minimum Gasteiger partial charge on any atom is -0.504 e. The summed E-state index contributed by atoms with van der Waals surface area (Å²) in [5.74, 6) is -0.605. The topological polar surface area (TPSA) is 123 Å². The molecule has 0 aliphatic carbocycles. The van der Waals surface area contributed by atoms with E-state index in [9.17, 15) is 14.7 Å². The average Bonchev–Trinajstić information content (AvgIpc) is 2.84. The molecule has 0 unspecified atom stereocenters. The number of nitrogens with two attached hydrogens (primary N) is 1. The second-order valence-corrected chi connectivity index (χ2v) is 8.04. The summed E-state index contributed by atoms with van der Waals surface area (Å²) in [5, 5.41) is 15.7. The lowest BCUT2D eigenvalue weighted by atomic mass is 9.96. The van der Waals surface area contributed by atoms with Gasteiger partial charge in [0, 0.05) is 11.6 Å². The minimum atomic E-state index is -0.803. The maximum atomic E-state index is 12.7. The quantitative estimate of drug-likeness (QED) is 0.255. The van der Waals surface area contributed by atoms with Crippen molar-refractivity contribution in [1.29, 1.82) is 0 Å². The van der Waals surface area contributed by atoms with E-state index < -0.39 is 18.1 Å². The van der Waals surface area contributed by atoms with Crippen LogP contribution in [-0.2, 0) is 9.53 Å². The summed E-state index contributed by atoms with van der Waals surface area (Å²) in [6.45, 7) is 3.75. The van der Waals surface area contributed by atoms with Gasteiger partial charge in [0.2, 0.25) is 5.91 Å². The van der Waals surface area contributed by atoms with Crippen LogP contribution in [0.25, 0.3) is 0 Å². The Kier molecular flexibility index (Phi) is 8.34. The van der Waals surface area contributed by atoms with Gasteiger partial charge in [-0.3, -0.25) is 10.1 Å². The number of hydrogen-bond acceptors (Lipinski definition) is 6. The molecule has 0 radical (unpaired) electrons. The van der Waals surface area contributed by atoms with Crippen LogP contribution in [-0.4, -0.2) is 24.2 Å². The molecular formula is C27H29N3O5. The van der Waals surface area contributed by atoms with Gasteiger partial charge in [0.15, 0.2) is 11.5 Å². The molecule has 182 valence electrons. The number of phenolic OH excluding ortho intramolecular Hbond substituents is 1. The monoisotopic (exact) mass is 475 g/mol. The molecule has 0 bridgehead atoms. The lowest BCUT2D eigenvalue weighted by molar-refractivity contribution is -0.111. The van der Waals surface area contributed by atoms with Crippen molar-refractivity contribution >= 4 is 29.1 Å². The molecule has 8 nitrogen and oxygen atoms in total. The molecule has 0 fully saturated rings. The van der Waals surface area contributed by atoms with Crippen LogP contribution in [0, 0.1) is 12.8 Å². The predicted molar refractivity (Wildman–Crippen MR) is 136 cm³/mol. The van der Waals surface area contributed by atoms with Gasteiger partial charge >= 0.3 is 6.09 Å². The Morgan fingerprint density at radius 1 is 1.03 bits per heavy atom. The first kappa shape index (κ1) is 25.2. The summed E-state index contributed by atoms with van der Waals surface area (Å²) < 4.78 is 10.8. The molecule has 0 aromatic heterocycles. The van der Waals surface area contributed by atoms with Crippen molar-refractivity contribution in [2.75, 3.05) is 23.5 Å². The zero-order chi connectivity index (χ0) is 25.4. The lowest BCUT2D eigenvalue weighted by Gasteiger charge is -2.23. The first-order valence-corrected chi connectivity index (χ1v) is 11.0. The molecule has 0 saturated carbocycles. The fourth-order valence-electron chi connectivity index (χ4n) is 3.39. The number of carbonyl (C=O) groups is 2. The summed E-state index contributed by atoms with van der Waals surface area (Å²) >= 11 is 0. The summed E-state index contributed by atoms with van der Waals surface area (Å²) in [6.07, 6.45) is 1.51. The third kappa shape index (κ3) is 7.01. The Labute approximate surface area is 204 Å². The van der Waals surface area contributed by atoms with Crippen LogP contribution >= 0.6 is 0 Å². The predicted octanol–water partition coefficient (Wildman–Crippen LogP) is 5.41. The van der Waals surface area contributed by atoms with Gasteiger partial charge in [0.1, 0.15) is 6.10 Å². The fourth-order valence-corrected chi connectivity index (χ4v) is 3.39. The number of benzene rings is 3. The molecule has 3 rings (SSSR count). The van der Waals surface area contributed by atoms with Gasteiger partial charge in [-0.2, -0.15) is 0 Å². The number of aromatic hydroxyl groups is 1. The number of ether oxygens (including phenoxy) is 2. The van der Waals surface area contributed by atoms with Crippen LogP contribution in [0.3, 0.4) is 0 Å². The molecule has 3 aromatic carbocycles. The number of amides is 2. The number of para-hydroxylation sites is 2. The normalized spacial score (nSPS) is 12.5. The Balaban J connectivity index is 1.78. The van der Waals surface area contributed by atoms with Crippen LogP contribution in [0.5, 0.6) is 11.5 Å². The number of nitrogen functional groups attached to an aromatic ring is 1. The number of aryl methyl sites for hydroxylation is 1. The molecule has 5 N–H and O–H groups in total. The molecule has 0 aliphatic rings. The second-order valence-electron chi connectivity index (χ2n) is 8.04. The van der Waals surface area contributed by atoms with Crippen molar-refractivity contribution in [3.8, 4) is 11.5 Å². The number of rotatable bonds is 8. The summed E-state index contributed by atoms with van der Waals surface area (Å²) in [4.78, 5) is 25.1. The first-order chi connectivity index (χ1) is 16.8. The maximum Gasteiger partial charge on any atom is 0.412 e. The SMILES string of the molecule is COc1ccc([C@H](OC(=O)Nc2ccc(C)cc2)[C@H](C)/C=C/C(=O)Nc2ccccc2N)cc1O. The van der Waals surface area contributed by atoms with E-state index in [1.165, 1.54) is 19.3 Å². The highest BCUT2D eigenvalue weighted by molar-refractivity contribution is 6.01. The van der Waals surface area contributed by atoms with Gasteiger partial charge in [-0.15, -0.1) is 0 Å². The van der Waals surface area contributed by atoms with Gasteiger partial charge in [0.25, 0.3) is 0 Å². The molecule has 2 atom stereocenters. The first-order valence-electron chi connectivity index (χ1n) is 11.0. The molecule has 0 saturated heterocycles. The minimum absolute atomic E-state index is 0.0916. The highest BCUT2D eigenvalue weighted by atomic mass is 16.6. The molecule has 0 spiro atoms. The summed E-state index contributed by atoms with van der Waals surface area (Å²) in [6, 6.07) is 19.0. The number of phenols is 1. The van der Waals surface area contributed by atoms with Crippen molar-refractivity contribution in [2.24, 2.45) is 5.92 Å². The van der Waals surface area contributed by atoms with E-state index in [1.54, 1.807) is 61.5 Å². The van der Waals surface area contributed by atoms with E-state index in [-0.39, 0.29) is 11.7 Å². The van der Waals surface area contributed by atoms with E-state index in [0.717, 1.165) is 5.56 Å². The summed E-state index contributed by atoms with van der Waals surface area (Å²) in [7, 11) is 1.45. The summed E-state index contributed by atoms with van der Waals surface area (Å²) in [5.41, 5.74) is 9.00. The van der Waals surface area contributed by atoms with Gasteiger partial charge < -0.3 is 25.6 Å². The highest BCUT2D eigenvalue weighted by Gasteiger charge is 2.24. The molecule has 8 heteroatoms. The van der Waals surface area contributed by atoms with Crippen molar-refractivity contribution in [2.45, 2.75) is 20.0 Å². The zero-order valence-electron chi connectivity index (χ0n) is 19.8. The highest BCUT2D eigenvalue weighted by Crippen LogP contribution is 2.34. The Bertz CT molecular complexity index is 1210. The van der Waals surface area contributed by atoms with Crippen LogP contribution < -0.4 is 21.1 Å². The third-order valence-electron chi connectivity index (χ3n) is 5.31. The zero-order valence-corrected chi connectivity index (χ0v) is 19.8. The van der Waals surface area contributed by atoms with Crippen molar-refractivity contribution in [3.05, 3.63) is 90.0 Å². The van der Waals surface area contributed by atoms with Gasteiger partial charge in [-0.25, -0.2) is 4.79 Å². The number of nitrogens with one attached hydrogen (secondary N) is 2. The second kappa shape index (κ2) is 11.6. The Morgan fingerprint density at radius 2 is 1.74 bits per heavy atom. The Morgan fingerprint density at radius 3 is 2.40 bits per heavy atom. The largest absolute Gasteiger partial charge is 0.504 e. The number of methoxy groups -OCH3 is 1. The van der Waals surface area contributed by atoms with Gasteiger partial charge in [-0.05, 0) is 55.0 Å². The van der Waals surface area contributed by atoms with Crippen LogP contribution in [0.4, 0.5) is 21.9 Å². The van der Waals surface area contributed by atoms with E-state index in [4.69, 9.17) is 15.2 Å². The average molecular weight is 476 g/mol. The fraction of sp³-hybridized carbons (Fsp3) is 0.185. The number of carbonyl (C=O) groups excluding carboxylic acids is 2. The van der Waals surface area contributed by atoms with E-state index >= 15 is 0 Å². The van der Waals surface area contributed by atoms with E-state index in [0.29, 0.717) is 28.4 Å². The standard InChI is InChI=1S/C27H29N3O5/c1-17-8-12-20(13-9-17)29-27(33)35-26(19-11-14-24(34-3)23(31)16-19)18(2)10-15-25(32)30-22-7-5-4-6-21(22)28/h4-16,18,26,31H,28H2,1-3H3,(H,29,33)(H,30,32)/b15-10+/t18-,26-/m1/s1. The van der Waals surface area contributed by atoms with Gasteiger partial charge in [-0.1, -0.05) is 48.9 Å². The lowest BCUT2D eigenvalue weighted by Crippen LogP contribution is -2.21. The van der Waals surface area contributed by atoms with Crippen LogP contribution in [0.15, 0.2) is 78.9 Å². The molecular weight excluding hydrogens is 446 g/mol. The van der Waals surface area contributed by atoms with Crippen LogP contribution in [0.1, 0.15) is 24.2 Å².